The summed E-state index contributed by atoms with van der Waals surface area (Å²) in [5, 5.41) is 0. The summed E-state index contributed by atoms with van der Waals surface area (Å²) in [7, 11) is 0. The predicted molar refractivity (Wildman–Crippen MR) is 176 cm³/mol. The zero-order valence-corrected chi connectivity index (χ0v) is 30.1. The summed E-state index contributed by atoms with van der Waals surface area (Å²) in [5.41, 5.74) is -5.31. The van der Waals surface area contributed by atoms with Gasteiger partial charge >= 0.3 is 35.8 Å². The van der Waals surface area contributed by atoms with Crippen molar-refractivity contribution in [3.8, 4) is 0 Å². The van der Waals surface area contributed by atoms with E-state index in [0.29, 0.717) is 0 Å². The molecule has 0 N–H and O–H groups in total. The van der Waals surface area contributed by atoms with Crippen LogP contribution in [-0.4, -0.2) is 77.2 Å². The van der Waals surface area contributed by atoms with Crippen molar-refractivity contribution in [3.05, 3.63) is 59.7 Å². The Labute approximate surface area is 291 Å². The molecule has 13 nitrogen and oxygen atoms in total. The van der Waals surface area contributed by atoms with E-state index >= 15 is 0 Å². The lowest BCUT2D eigenvalue weighted by Crippen LogP contribution is -2.60. The lowest BCUT2D eigenvalue weighted by molar-refractivity contribution is -0.213. The maximum atomic E-state index is 14.7. The topological polar surface area (TPSA) is 175 Å². The van der Waals surface area contributed by atoms with Gasteiger partial charge in [0.2, 0.25) is 0 Å². The van der Waals surface area contributed by atoms with Gasteiger partial charge in [-0.15, -0.1) is 0 Å². The van der Waals surface area contributed by atoms with E-state index < -0.39 is 94.5 Å². The summed E-state index contributed by atoms with van der Waals surface area (Å²) in [5.74, 6) is -7.19. The Kier molecular flexibility index (Phi) is 12.2. The quantitative estimate of drug-likeness (QED) is 0.223. The standard InChI is InChI=1S/C37H46O13/c1-20-16-17-35(8,9)32(46-23(4)39)30(45-22(3)38)33(47-24(5)40)36(10,49-25(6)41)19-28-29(48-34(44)27-14-12-11-13-15-27)21(2)18-37(28,31(20)43)50-26(7)42/h11-17,19-21,29-30,32-33H,18H2,1-10H3/t20-,21+,29+,30-,32-,33-,36+,37-/m1/s1. The second-order valence-electron chi connectivity index (χ2n) is 13.6. The van der Waals surface area contributed by atoms with E-state index in [0.717, 1.165) is 34.6 Å². The molecule has 0 unspecified atom stereocenters. The van der Waals surface area contributed by atoms with Gasteiger partial charge in [0.05, 0.1) is 5.56 Å². The first-order valence-corrected chi connectivity index (χ1v) is 16.3. The van der Waals surface area contributed by atoms with Crippen molar-refractivity contribution in [2.24, 2.45) is 17.3 Å². The molecular weight excluding hydrogens is 652 g/mol. The highest BCUT2D eigenvalue weighted by atomic mass is 16.6. The molecule has 1 aromatic rings. The van der Waals surface area contributed by atoms with Crippen LogP contribution in [0.2, 0.25) is 0 Å². The van der Waals surface area contributed by atoms with Gasteiger partial charge in [-0.1, -0.05) is 58.0 Å². The lowest BCUT2D eigenvalue weighted by Gasteiger charge is -2.45. The summed E-state index contributed by atoms with van der Waals surface area (Å²) in [6.07, 6.45) is -1.78. The summed E-state index contributed by atoms with van der Waals surface area (Å²) in [6.45, 7) is 13.4. The minimum Gasteiger partial charge on any atom is -0.458 e. The van der Waals surface area contributed by atoms with Gasteiger partial charge in [-0.3, -0.25) is 28.8 Å². The average molecular weight is 699 g/mol. The van der Waals surface area contributed by atoms with Crippen molar-refractivity contribution in [3.63, 3.8) is 0 Å². The third-order valence-corrected chi connectivity index (χ3v) is 8.68. The summed E-state index contributed by atoms with van der Waals surface area (Å²) in [4.78, 5) is 91.9. The van der Waals surface area contributed by atoms with Crippen molar-refractivity contribution >= 4 is 41.6 Å². The molecule has 0 aliphatic heterocycles. The normalized spacial score (nSPS) is 30.6. The number of ether oxygens (including phenoxy) is 6. The first-order chi connectivity index (χ1) is 23.1. The molecule has 0 aromatic heterocycles. The van der Waals surface area contributed by atoms with Crippen LogP contribution in [-0.2, 0) is 57.2 Å². The second-order valence-corrected chi connectivity index (χ2v) is 13.6. The van der Waals surface area contributed by atoms with Gasteiger partial charge in [0.25, 0.3) is 0 Å². The third kappa shape index (κ3) is 8.85. The Bertz CT molecular complexity index is 1570. The zero-order chi connectivity index (χ0) is 37.8. The molecule has 0 amide bonds. The molecule has 272 valence electrons. The minimum atomic E-state index is -2.15. The SMILES string of the molecule is CC(=O)O[C@@H]1[C@@H](OC(C)=O)C(C)(C)C=C[C@@H](C)C(=O)[C@@]2(OC(C)=O)C[C@H](C)[C@H](OC(=O)c3ccccc3)C2=C[C@](C)(OC(C)=O)[C@@H]1OC(C)=O. The number of Topliss-reactive ketones (excluding diaryl/α,β-unsaturated/α-hetero) is 1. The van der Waals surface area contributed by atoms with E-state index in [4.69, 9.17) is 28.4 Å². The van der Waals surface area contributed by atoms with Crippen LogP contribution in [0.1, 0.15) is 86.0 Å². The van der Waals surface area contributed by atoms with Crippen LogP contribution in [0.5, 0.6) is 0 Å². The van der Waals surface area contributed by atoms with Gasteiger partial charge in [-0.25, -0.2) is 4.79 Å². The predicted octanol–water partition coefficient (Wildman–Crippen LogP) is 4.40. The van der Waals surface area contributed by atoms with Gasteiger partial charge < -0.3 is 28.4 Å². The van der Waals surface area contributed by atoms with Crippen LogP contribution in [0.25, 0.3) is 0 Å². The number of rotatable bonds is 7. The van der Waals surface area contributed by atoms with E-state index in [1.807, 2.05) is 0 Å². The Balaban J connectivity index is 2.53. The van der Waals surface area contributed by atoms with Crippen molar-refractivity contribution in [2.75, 3.05) is 0 Å². The number of esters is 6. The molecule has 0 saturated heterocycles. The number of carbonyl (C=O) groups is 7. The second kappa shape index (κ2) is 15.4. The first kappa shape index (κ1) is 39.6. The van der Waals surface area contributed by atoms with Crippen LogP contribution in [0.15, 0.2) is 54.1 Å². The van der Waals surface area contributed by atoms with Crippen molar-refractivity contribution < 1.29 is 62.0 Å². The van der Waals surface area contributed by atoms with Crippen molar-refractivity contribution in [1.82, 2.24) is 0 Å². The van der Waals surface area contributed by atoms with E-state index in [1.165, 1.54) is 31.2 Å². The van der Waals surface area contributed by atoms with Gasteiger partial charge in [-0.05, 0) is 25.1 Å². The van der Waals surface area contributed by atoms with Crippen LogP contribution in [0.3, 0.4) is 0 Å². The fraction of sp³-hybridized carbons (Fsp3) is 0.541. The van der Waals surface area contributed by atoms with Crippen LogP contribution in [0, 0.1) is 17.3 Å². The van der Waals surface area contributed by atoms with Gasteiger partial charge in [0.15, 0.2) is 35.3 Å². The molecule has 0 heterocycles. The minimum absolute atomic E-state index is 0.0684. The molecule has 50 heavy (non-hydrogen) atoms. The smallest absolute Gasteiger partial charge is 0.338 e. The highest BCUT2D eigenvalue weighted by Gasteiger charge is 2.61. The number of fused-ring (bicyclic) bond motifs is 1. The number of allylic oxidation sites excluding steroid dienone is 1. The fourth-order valence-corrected chi connectivity index (χ4v) is 6.70. The number of benzene rings is 1. The molecule has 8 atom stereocenters. The molecule has 3 rings (SSSR count). The lowest BCUT2D eigenvalue weighted by atomic mass is 9.74. The van der Waals surface area contributed by atoms with E-state index in [2.05, 4.69) is 0 Å². The molecular formula is C37H46O13. The van der Waals surface area contributed by atoms with Gasteiger partial charge in [0.1, 0.15) is 6.10 Å². The maximum absolute atomic E-state index is 14.7. The highest BCUT2D eigenvalue weighted by Crippen LogP contribution is 2.49. The Morgan fingerprint density at radius 3 is 1.76 bits per heavy atom. The monoisotopic (exact) mass is 698 g/mol. The van der Waals surface area contributed by atoms with Crippen LogP contribution >= 0.6 is 0 Å². The number of hydrogen-bond acceptors (Lipinski definition) is 13. The fourth-order valence-electron chi connectivity index (χ4n) is 6.70. The number of carbonyl (C=O) groups excluding carboxylic acids is 7. The molecule has 1 aromatic carbocycles. The average Bonchev–Trinajstić information content (AvgIpc) is 3.24. The van der Waals surface area contributed by atoms with Crippen LogP contribution < -0.4 is 0 Å². The zero-order valence-electron chi connectivity index (χ0n) is 30.1. The largest absolute Gasteiger partial charge is 0.458 e. The molecule has 0 spiro atoms. The highest BCUT2D eigenvalue weighted by molar-refractivity contribution is 5.97. The third-order valence-electron chi connectivity index (χ3n) is 8.68. The van der Waals surface area contributed by atoms with Crippen molar-refractivity contribution in [1.29, 1.82) is 0 Å². The number of hydrogen-bond donors (Lipinski definition) is 0. The Hall–Kier alpha value is -4.81. The molecule has 1 saturated carbocycles. The number of ketones is 1. The Morgan fingerprint density at radius 2 is 1.24 bits per heavy atom. The summed E-state index contributed by atoms with van der Waals surface area (Å²) >= 11 is 0. The van der Waals surface area contributed by atoms with Gasteiger partial charge in [-0.2, -0.15) is 0 Å². The summed E-state index contributed by atoms with van der Waals surface area (Å²) in [6, 6.07) is 8.07. The molecule has 2 aliphatic rings. The Morgan fingerprint density at radius 1 is 0.700 bits per heavy atom. The first-order valence-electron chi connectivity index (χ1n) is 16.3. The van der Waals surface area contributed by atoms with Crippen LogP contribution in [0.4, 0.5) is 0 Å². The van der Waals surface area contributed by atoms with E-state index in [9.17, 15) is 33.6 Å². The van der Waals surface area contributed by atoms with Gasteiger partial charge in [0, 0.05) is 63.9 Å². The van der Waals surface area contributed by atoms with E-state index in [1.54, 1.807) is 52.0 Å². The maximum Gasteiger partial charge on any atom is 0.338 e. The summed E-state index contributed by atoms with van der Waals surface area (Å²) < 4.78 is 35.2. The molecule has 13 heteroatoms. The molecule has 1 fully saturated rings. The molecule has 0 radical (unpaired) electrons. The molecule has 0 bridgehead atoms. The molecule has 2 aliphatic carbocycles. The van der Waals surface area contributed by atoms with E-state index in [-0.39, 0.29) is 17.6 Å². The van der Waals surface area contributed by atoms with Crippen molar-refractivity contribution in [2.45, 2.75) is 111 Å².